The number of nitrogens with one attached hydrogen (secondary N) is 2. The Balaban J connectivity index is 1.66. The molecule has 7 heteroatoms. The third-order valence-electron chi connectivity index (χ3n) is 3.41. The van der Waals surface area contributed by atoms with Gasteiger partial charge in [-0.2, -0.15) is 0 Å². The first kappa shape index (κ1) is 15.0. The highest BCUT2D eigenvalue weighted by atomic mass is 35.5. The molecule has 2 heterocycles. The number of sulfonamides is 1. The van der Waals surface area contributed by atoms with Crippen molar-refractivity contribution in [3.8, 4) is 0 Å². The molecule has 0 atom stereocenters. The standard InChI is InChI=1S/C14H15ClN2O2S2/c15-14-4-2-12(20-14)5-6-17-21(18,19)13-3-1-10-8-16-9-11(10)7-13/h1-4,7,16-17H,5-6,8-9H2. The first-order chi connectivity index (χ1) is 10.0. The van der Waals surface area contributed by atoms with Crippen LogP contribution in [0.15, 0.2) is 35.2 Å². The lowest BCUT2D eigenvalue weighted by Gasteiger charge is -2.07. The summed E-state index contributed by atoms with van der Waals surface area (Å²) in [5, 5.41) is 3.21. The molecule has 0 fully saturated rings. The molecule has 0 saturated heterocycles. The van der Waals surface area contributed by atoms with Gasteiger partial charge < -0.3 is 5.32 Å². The van der Waals surface area contributed by atoms with E-state index in [1.807, 2.05) is 18.2 Å². The van der Waals surface area contributed by atoms with Crippen LogP contribution in [0.1, 0.15) is 16.0 Å². The minimum Gasteiger partial charge on any atom is -0.309 e. The van der Waals surface area contributed by atoms with Gasteiger partial charge in [0.05, 0.1) is 9.23 Å². The lowest BCUT2D eigenvalue weighted by Crippen LogP contribution is -2.26. The van der Waals surface area contributed by atoms with Crippen molar-refractivity contribution in [2.45, 2.75) is 24.4 Å². The summed E-state index contributed by atoms with van der Waals surface area (Å²) in [6.45, 7) is 1.91. The van der Waals surface area contributed by atoms with Crippen molar-refractivity contribution in [3.63, 3.8) is 0 Å². The quantitative estimate of drug-likeness (QED) is 0.877. The normalized spacial score (nSPS) is 14.3. The van der Waals surface area contributed by atoms with Crippen molar-refractivity contribution < 1.29 is 8.42 Å². The van der Waals surface area contributed by atoms with Gasteiger partial charge in [0, 0.05) is 24.5 Å². The predicted octanol–water partition coefficient (Wildman–Crippen LogP) is 2.53. The van der Waals surface area contributed by atoms with Crippen LogP contribution in [0.5, 0.6) is 0 Å². The van der Waals surface area contributed by atoms with Crippen molar-refractivity contribution in [3.05, 3.63) is 50.7 Å². The van der Waals surface area contributed by atoms with E-state index in [1.165, 1.54) is 16.9 Å². The summed E-state index contributed by atoms with van der Waals surface area (Å²) in [6.07, 6.45) is 0.642. The maximum Gasteiger partial charge on any atom is 0.240 e. The average Bonchev–Trinajstić information content (AvgIpc) is 3.06. The molecule has 0 amide bonds. The molecule has 0 radical (unpaired) electrons. The Bertz CT molecular complexity index is 756. The molecule has 1 aromatic carbocycles. The van der Waals surface area contributed by atoms with E-state index in [0.717, 1.165) is 27.9 Å². The molecule has 0 saturated carbocycles. The van der Waals surface area contributed by atoms with Crippen molar-refractivity contribution in [2.75, 3.05) is 6.54 Å². The molecule has 1 aromatic heterocycles. The van der Waals surface area contributed by atoms with Crippen LogP contribution in [0.3, 0.4) is 0 Å². The highest BCUT2D eigenvalue weighted by Crippen LogP contribution is 2.22. The van der Waals surface area contributed by atoms with Gasteiger partial charge in [-0.05, 0) is 41.8 Å². The Kier molecular flexibility index (Phi) is 4.33. The molecule has 0 unspecified atom stereocenters. The third-order valence-corrected chi connectivity index (χ3v) is 6.16. The molecule has 21 heavy (non-hydrogen) atoms. The van der Waals surface area contributed by atoms with E-state index in [2.05, 4.69) is 10.0 Å². The second-order valence-corrected chi connectivity index (χ2v) is 8.45. The molecule has 0 spiro atoms. The first-order valence-electron chi connectivity index (χ1n) is 6.61. The fourth-order valence-electron chi connectivity index (χ4n) is 2.32. The molecule has 112 valence electrons. The molecule has 2 N–H and O–H groups in total. The van der Waals surface area contributed by atoms with E-state index in [-0.39, 0.29) is 0 Å². The number of thiophene rings is 1. The fourth-order valence-corrected chi connectivity index (χ4v) is 4.49. The van der Waals surface area contributed by atoms with Crippen LogP contribution in [0.25, 0.3) is 0 Å². The molecule has 0 aliphatic carbocycles. The summed E-state index contributed by atoms with van der Waals surface area (Å²) in [4.78, 5) is 1.40. The molecule has 4 nitrogen and oxygen atoms in total. The number of rotatable bonds is 5. The molecule has 3 rings (SSSR count). The van der Waals surface area contributed by atoms with Crippen LogP contribution in [0.4, 0.5) is 0 Å². The van der Waals surface area contributed by atoms with Gasteiger partial charge in [-0.3, -0.25) is 0 Å². The summed E-state index contributed by atoms with van der Waals surface area (Å²) in [5.41, 5.74) is 2.23. The van der Waals surface area contributed by atoms with Gasteiger partial charge >= 0.3 is 0 Å². The number of hydrogen-bond donors (Lipinski definition) is 2. The average molecular weight is 343 g/mol. The Morgan fingerprint density at radius 3 is 2.76 bits per heavy atom. The van der Waals surface area contributed by atoms with Crippen LogP contribution in [0, 0.1) is 0 Å². The number of hydrogen-bond acceptors (Lipinski definition) is 4. The Morgan fingerprint density at radius 2 is 2.00 bits per heavy atom. The lowest BCUT2D eigenvalue weighted by molar-refractivity contribution is 0.581. The summed E-state index contributed by atoms with van der Waals surface area (Å²) in [5.74, 6) is 0. The van der Waals surface area contributed by atoms with E-state index in [1.54, 1.807) is 12.1 Å². The van der Waals surface area contributed by atoms with Crippen LogP contribution >= 0.6 is 22.9 Å². The van der Waals surface area contributed by atoms with Crippen molar-refractivity contribution in [1.29, 1.82) is 0 Å². The zero-order valence-electron chi connectivity index (χ0n) is 11.2. The van der Waals surface area contributed by atoms with Gasteiger partial charge in [-0.1, -0.05) is 17.7 Å². The van der Waals surface area contributed by atoms with E-state index >= 15 is 0 Å². The fraction of sp³-hybridized carbons (Fsp3) is 0.286. The summed E-state index contributed by atoms with van der Waals surface area (Å²) >= 11 is 7.33. The van der Waals surface area contributed by atoms with Crippen LogP contribution in [-0.4, -0.2) is 15.0 Å². The van der Waals surface area contributed by atoms with Crippen molar-refractivity contribution in [1.82, 2.24) is 10.0 Å². The minimum atomic E-state index is -3.45. The van der Waals surface area contributed by atoms with Gasteiger partial charge in [0.25, 0.3) is 0 Å². The number of benzene rings is 1. The van der Waals surface area contributed by atoms with Gasteiger partial charge in [0.2, 0.25) is 10.0 Å². The van der Waals surface area contributed by atoms with E-state index in [4.69, 9.17) is 11.6 Å². The molecular weight excluding hydrogens is 328 g/mol. The third kappa shape index (κ3) is 3.46. The lowest BCUT2D eigenvalue weighted by atomic mass is 10.1. The molecule has 1 aliphatic rings. The topological polar surface area (TPSA) is 58.2 Å². The summed E-state index contributed by atoms with van der Waals surface area (Å²) in [7, 11) is -3.45. The number of halogens is 1. The van der Waals surface area contributed by atoms with Gasteiger partial charge in [0.15, 0.2) is 0 Å². The molecule has 1 aliphatic heterocycles. The van der Waals surface area contributed by atoms with Crippen LogP contribution in [0.2, 0.25) is 4.34 Å². The van der Waals surface area contributed by atoms with Gasteiger partial charge in [-0.25, -0.2) is 13.1 Å². The highest BCUT2D eigenvalue weighted by Gasteiger charge is 2.17. The first-order valence-corrected chi connectivity index (χ1v) is 9.29. The smallest absolute Gasteiger partial charge is 0.240 e. The van der Waals surface area contributed by atoms with Gasteiger partial charge in [0.1, 0.15) is 0 Å². The summed E-state index contributed by atoms with van der Waals surface area (Å²) in [6, 6.07) is 9.03. The zero-order valence-corrected chi connectivity index (χ0v) is 13.6. The Morgan fingerprint density at radius 1 is 1.19 bits per heavy atom. The Labute approximate surface area is 133 Å². The zero-order chi connectivity index (χ0) is 14.9. The van der Waals surface area contributed by atoms with Crippen LogP contribution < -0.4 is 10.0 Å². The van der Waals surface area contributed by atoms with Crippen molar-refractivity contribution >= 4 is 33.0 Å². The minimum absolute atomic E-state index is 0.328. The van der Waals surface area contributed by atoms with E-state index < -0.39 is 10.0 Å². The van der Waals surface area contributed by atoms with E-state index in [0.29, 0.717) is 17.9 Å². The second-order valence-electron chi connectivity index (χ2n) is 4.89. The summed E-state index contributed by atoms with van der Waals surface area (Å²) < 4.78 is 27.9. The van der Waals surface area contributed by atoms with Crippen LogP contribution in [-0.2, 0) is 29.5 Å². The molecular formula is C14H15ClN2O2S2. The maximum absolute atomic E-state index is 12.3. The predicted molar refractivity (Wildman–Crippen MR) is 85.2 cm³/mol. The maximum atomic E-state index is 12.3. The number of fused-ring (bicyclic) bond motifs is 1. The van der Waals surface area contributed by atoms with Gasteiger partial charge in [-0.15, -0.1) is 11.3 Å². The monoisotopic (exact) mass is 342 g/mol. The highest BCUT2D eigenvalue weighted by molar-refractivity contribution is 7.89. The second kappa shape index (κ2) is 6.06. The SMILES string of the molecule is O=S(=O)(NCCc1ccc(Cl)s1)c1ccc2c(c1)CNC2. The molecule has 2 aromatic rings. The molecule has 0 bridgehead atoms. The Hall–Kier alpha value is -0.920. The van der Waals surface area contributed by atoms with E-state index in [9.17, 15) is 8.42 Å². The largest absolute Gasteiger partial charge is 0.309 e. The van der Waals surface area contributed by atoms with Crippen molar-refractivity contribution in [2.24, 2.45) is 0 Å².